The van der Waals surface area contributed by atoms with Crippen LogP contribution in [0.15, 0.2) is 34.9 Å². The van der Waals surface area contributed by atoms with Crippen molar-refractivity contribution in [3.8, 4) is 0 Å². The molecule has 0 aromatic carbocycles. The van der Waals surface area contributed by atoms with Gasteiger partial charge in [0.1, 0.15) is 12.7 Å². The smallest absolute Gasteiger partial charge is 0.302 e. The number of carbonyl (C=O) groups excluding carboxylic acids is 1. The van der Waals surface area contributed by atoms with E-state index in [1.54, 1.807) is 0 Å². The van der Waals surface area contributed by atoms with Gasteiger partial charge < -0.3 is 14.9 Å². The first-order valence-corrected chi connectivity index (χ1v) is 9.69. The first-order chi connectivity index (χ1) is 12.2. The van der Waals surface area contributed by atoms with Crippen molar-refractivity contribution in [2.24, 2.45) is 11.8 Å². The molecule has 0 heterocycles. The summed E-state index contributed by atoms with van der Waals surface area (Å²) in [5, 5.41) is 21.6. The van der Waals surface area contributed by atoms with Gasteiger partial charge in [-0.2, -0.15) is 0 Å². The molecule has 0 radical (unpaired) electrons. The molecule has 4 unspecified atom stereocenters. The third kappa shape index (κ3) is 7.88. The molecule has 4 atom stereocenters. The fraction of sp³-hybridized carbons (Fsp3) is 0.682. The van der Waals surface area contributed by atoms with E-state index in [4.69, 9.17) is 4.74 Å². The maximum absolute atomic E-state index is 11.1. The van der Waals surface area contributed by atoms with Crippen molar-refractivity contribution in [3.63, 3.8) is 0 Å². The summed E-state index contributed by atoms with van der Waals surface area (Å²) >= 11 is 0. The zero-order valence-electron chi connectivity index (χ0n) is 17.0. The zero-order valence-corrected chi connectivity index (χ0v) is 17.0. The van der Waals surface area contributed by atoms with Crippen LogP contribution in [0.4, 0.5) is 0 Å². The summed E-state index contributed by atoms with van der Waals surface area (Å²) in [5.41, 5.74) is 3.17. The minimum atomic E-state index is -1.00. The molecule has 0 aromatic heterocycles. The summed E-state index contributed by atoms with van der Waals surface area (Å²) in [6.45, 7) is 9.82. The molecule has 0 aliphatic heterocycles. The molecule has 1 rings (SSSR count). The van der Waals surface area contributed by atoms with E-state index in [0.717, 1.165) is 25.7 Å². The predicted octanol–water partition coefficient (Wildman–Crippen LogP) is 4.33. The maximum Gasteiger partial charge on any atom is 0.302 e. The van der Waals surface area contributed by atoms with Gasteiger partial charge >= 0.3 is 5.97 Å². The van der Waals surface area contributed by atoms with E-state index in [1.807, 2.05) is 6.08 Å². The average molecular weight is 365 g/mol. The average Bonchev–Trinajstić information content (AvgIpc) is 2.56. The number of carbonyl (C=O) groups is 1. The van der Waals surface area contributed by atoms with Crippen LogP contribution >= 0.6 is 0 Å². The van der Waals surface area contributed by atoms with Gasteiger partial charge in [-0.25, -0.2) is 0 Å². The largest absolute Gasteiger partial charge is 0.461 e. The quantitative estimate of drug-likeness (QED) is 0.544. The molecule has 4 heteroatoms. The van der Waals surface area contributed by atoms with E-state index in [9.17, 15) is 15.0 Å². The first-order valence-electron chi connectivity index (χ1n) is 9.69. The molecule has 0 bridgehead atoms. The first kappa shape index (κ1) is 22.7. The SMILES string of the molecule is CC(=O)OC/C1=C/C/C=C(\C)CCC(C(C)CCC=C(C)C)C(O)C1O. The number of aliphatic hydroxyl groups excluding tert-OH is 2. The van der Waals surface area contributed by atoms with E-state index in [1.165, 1.54) is 18.1 Å². The topological polar surface area (TPSA) is 66.8 Å². The van der Waals surface area contributed by atoms with Gasteiger partial charge in [0.25, 0.3) is 0 Å². The summed E-state index contributed by atoms with van der Waals surface area (Å²) < 4.78 is 5.08. The van der Waals surface area contributed by atoms with Crippen LogP contribution in [-0.4, -0.2) is 35.0 Å². The predicted molar refractivity (Wildman–Crippen MR) is 106 cm³/mol. The van der Waals surface area contributed by atoms with Crippen LogP contribution in [0.2, 0.25) is 0 Å². The number of allylic oxidation sites excluding steroid dienone is 5. The fourth-order valence-electron chi connectivity index (χ4n) is 3.45. The van der Waals surface area contributed by atoms with Crippen LogP contribution in [-0.2, 0) is 9.53 Å². The molecular formula is C22H36O4. The second-order valence-electron chi connectivity index (χ2n) is 7.82. The monoisotopic (exact) mass is 364 g/mol. The molecule has 26 heavy (non-hydrogen) atoms. The molecule has 0 fully saturated rings. The summed E-state index contributed by atoms with van der Waals surface area (Å²) in [5.74, 6) is -0.0989. The number of ether oxygens (including phenoxy) is 1. The molecule has 4 nitrogen and oxygen atoms in total. The zero-order chi connectivity index (χ0) is 19.7. The Morgan fingerprint density at radius 1 is 1.31 bits per heavy atom. The molecule has 0 saturated heterocycles. The van der Waals surface area contributed by atoms with Gasteiger partial charge in [-0.05, 0) is 70.3 Å². The van der Waals surface area contributed by atoms with Crippen molar-refractivity contribution >= 4 is 5.97 Å². The molecular weight excluding hydrogens is 328 g/mol. The van der Waals surface area contributed by atoms with Gasteiger partial charge in [-0.3, -0.25) is 4.79 Å². The normalized spacial score (nSPS) is 29.6. The van der Waals surface area contributed by atoms with Crippen molar-refractivity contribution in [3.05, 3.63) is 34.9 Å². The Kier molecular flexibility index (Phi) is 9.89. The molecule has 0 aromatic rings. The fourth-order valence-corrected chi connectivity index (χ4v) is 3.45. The van der Waals surface area contributed by atoms with Crippen LogP contribution in [0, 0.1) is 11.8 Å². The Labute approximate surface area is 158 Å². The maximum atomic E-state index is 11.1. The molecule has 148 valence electrons. The number of aliphatic hydroxyl groups is 2. The standard InChI is InChI=1S/C22H36O4/c1-15(2)8-6-10-17(4)20-13-12-16(3)9-7-11-19(14-26-18(5)23)21(24)22(20)25/h8-9,11,17,20-22,24-25H,6-7,10,12-14H2,1-5H3/b16-9+,19-11-. The van der Waals surface area contributed by atoms with E-state index >= 15 is 0 Å². The summed E-state index contributed by atoms with van der Waals surface area (Å²) in [6, 6.07) is 0. The van der Waals surface area contributed by atoms with Crippen molar-refractivity contribution in [1.82, 2.24) is 0 Å². The molecule has 2 N–H and O–H groups in total. The molecule has 1 aliphatic rings. The highest BCUT2D eigenvalue weighted by Crippen LogP contribution is 2.31. The van der Waals surface area contributed by atoms with Crippen molar-refractivity contribution in [2.45, 2.75) is 78.9 Å². The van der Waals surface area contributed by atoms with Crippen molar-refractivity contribution < 1.29 is 19.7 Å². The Bertz CT molecular complexity index is 540. The lowest BCUT2D eigenvalue weighted by Crippen LogP contribution is -2.39. The number of rotatable bonds is 6. The van der Waals surface area contributed by atoms with E-state index in [-0.39, 0.29) is 24.4 Å². The highest BCUT2D eigenvalue weighted by molar-refractivity contribution is 5.66. The van der Waals surface area contributed by atoms with Crippen LogP contribution in [0.5, 0.6) is 0 Å². The van der Waals surface area contributed by atoms with E-state index in [2.05, 4.69) is 39.8 Å². The number of hydrogen-bond acceptors (Lipinski definition) is 4. The number of esters is 1. The second kappa shape index (κ2) is 11.3. The number of hydrogen-bond donors (Lipinski definition) is 2. The van der Waals surface area contributed by atoms with Gasteiger partial charge in [0.15, 0.2) is 0 Å². The molecule has 0 saturated carbocycles. The van der Waals surface area contributed by atoms with Crippen molar-refractivity contribution in [1.29, 1.82) is 0 Å². The summed E-state index contributed by atoms with van der Waals surface area (Å²) in [4.78, 5) is 11.1. The summed E-state index contributed by atoms with van der Waals surface area (Å²) in [6.07, 6.45) is 8.77. The molecule has 1 aliphatic carbocycles. The van der Waals surface area contributed by atoms with Crippen LogP contribution in [0.3, 0.4) is 0 Å². The highest BCUT2D eigenvalue weighted by atomic mass is 16.5. The minimum Gasteiger partial charge on any atom is -0.461 e. The third-order valence-electron chi connectivity index (χ3n) is 5.21. The van der Waals surface area contributed by atoms with Crippen LogP contribution in [0.1, 0.15) is 66.7 Å². The Hall–Kier alpha value is -1.39. The van der Waals surface area contributed by atoms with Gasteiger partial charge in [0.05, 0.1) is 6.10 Å². The van der Waals surface area contributed by atoms with Gasteiger partial charge in [-0.15, -0.1) is 0 Å². The Balaban J connectivity index is 2.95. The Morgan fingerprint density at radius 3 is 2.62 bits per heavy atom. The van der Waals surface area contributed by atoms with E-state index < -0.39 is 12.2 Å². The van der Waals surface area contributed by atoms with Gasteiger partial charge in [0.2, 0.25) is 0 Å². The minimum absolute atomic E-state index is 0.00209. The summed E-state index contributed by atoms with van der Waals surface area (Å²) in [7, 11) is 0. The molecule has 0 amide bonds. The van der Waals surface area contributed by atoms with Gasteiger partial charge in [0, 0.05) is 6.92 Å². The van der Waals surface area contributed by atoms with Crippen LogP contribution in [0.25, 0.3) is 0 Å². The lowest BCUT2D eigenvalue weighted by molar-refractivity contribution is -0.140. The lowest BCUT2D eigenvalue weighted by atomic mass is 9.78. The lowest BCUT2D eigenvalue weighted by Gasteiger charge is -2.33. The Morgan fingerprint density at radius 2 is 2.00 bits per heavy atom. The van der Waals surface area contributed by atoms with E-state index in [0.29, 0.717) is 12.0 Å². The van der Waals surface area contributed by atoms with Gasteiger partial charge in [-0.1, -0.05) is 36.3 Å². The second-order valence-corrected chi connectivity index (χ2v) is 7.82. The molecule has 0 spiro atoms. The van der Waals surface area contributed by atoms with Crippen LogP contribution < -0.4 is 0 Å². The van der Waals surface area contributed by atoms with Crippen molar-refractivity contribution in [2.75, 3.05) is 6.61 Å². The highest BCUT2D eigenvalue weighted by Gasteiger charge is 2.32. The third-order valence-corrected chi connectivity index (χ3v) is 5.21.